The zero-order valence-corrected chi connectivity index (χ0v) is 27.8. The van der Waals surface area contributed by atoms with Gasteiger partial charge in [0.05, 0.1) is 30.0 Å². The van der Waals surface area contributed by atoms with Crippen molar-refractivity contribution >= 4 is 23.1 Å². The minimum Gasteiger partial charge on any atom is -0.381 e. The Bertz CT molecular complexity index is 1760. The second-order valence-corrected chi connectivity index (χ2v) is 14.8. The minimum atomic E-state index is -2.71. The van der Waals surface area contributed by atoms with E-state index in [9.17, 15) is 26.7 Å². The summed E-state index contributed by atoms with van der Waals surface area (Å²) in [4.78, 5) is 17.8. The van der Waals surface area contributed by atoms with E-state index in [0.717, 1.165) is 59.9 Å². The van der Waals surface area contributed by atoms with Gasteiger partial charge in [-0.25, -0.2) is 26.7 Å². The summed E-state index contributed by atoms with van der Waals surface area (Å²) >= 11 is 0. The number of benzene rings is 3. The van der Waals surface area contributed by atoms with E-state index >= 15 is 0 Å². The molecule has 3 N–H and O–H groups in total. The summed E-state index contributed by atoms with van der Waals surface area (Å²) in [6.07, 6.45) is 3.78. The Morgan fingerprint density at radius 1 is 0.960 bits per heavy atom. The monoisotopic (exact) mass is 695 g/mol. The molecule has 3 fully saturated rings. The number of ether oxygens (including phenoxy) is 1. The second-order valence-electron chi connectivity index (χ2n) is 14.8. The molecule has 266 valence electrons. The predicted octanol–water partition coefficient (Wildman–Crippen LogP) is 7.06. The van der Waals surface area contributed by atoms with Crippen LogP contribution in [0.2, 0.25) is 0 Å². The molecule has 8 rings (SSSR count). The molecular weight excluding hydrogens is 653 g/mol. The van der Waals surface area contributed by atoms with E-state index in [4.69, 9.17) is 4.74 Å². The molecule has 0 saturated carbocycles. The van der Waals surface area contributed by atoms with Gasteiger partial charge in [-0.1, -0.05) is 12.1 Å². The molecule has 50 heavy (non-hydrogen) atoms. The number of urea groups is 1. The molecule has 1 unspecified atom stereocenters. The normalized spacial score (nSPS) is 24.3. The largest absolute Gasteiger partial charge is 0.381 e. The molecule has 4 aliphatic heterocycles. The van der Waals surface area contributed by atoms with Crippen molar-refractivity contribution in [1.82, 2.24) is 10.6 Å². The Morgan fingerprint density at radius 3 is 2.54 bits per heavy atom. The van der Waals surface area contributed by atoms with Gasteiger partial charge < -0.3 is 30.5 Å². The summed E-state index contributed by atoms with van der Waals surface area (Å²) in [5, 5.41) is 9.65. The lowest BCUT2D eigenvalue weighted by atomic mass is 9.73. The van der Waals surface area contributed by atoms with Crippen molar-refractivity contribution in [2.45, 2.75) is 74.4 Å². The molecule has 4 heterocycles. The summed E-state index contributed by atoms with van der Waals surface area (Å²) in [6.45, 7) is 2.76. The van der Waals surface area contributed by atoms with E-state index in [1.165, 1.54) is 12.1 Å². The average molecular weight is 696 g/mol. The molecule has 1 aliphatic carbocycles. The molecule has 2 amide bonds. The van der Waals surface area contributed by atoms with Crippen molar-refractivity contribution in [2.24, 2.45) is 5.92 Å². The molecule has 3 saturated heterocycles. The number of fused-ring (bicyclic) bond motifs is 5. The van der Waals surface area contributed by atoms with E-state index in [2.05, 4.69) is 20.9 Å². The van der Waals surface area contributed by atoms with Crippen molar-refractivity contribution in [3.05, 3.63) is 88.7 Å². The molecule has 0 bridgehead atoms. The fraction of sp³-hybridized carbons (Fsp3) is 0.500. The Hall–Kier alpha value is -4.06. The number of halogens is 5. The Labute approximate surface area is 288 Å². The maximum Gasteiger partial charge on any atom is 0.315 e. The number of anilines is 3. The number of rotatable bonds is 6. The van der Waals surface area contributed by atoms with Crippen LogP contribution in [0.25, 0.3) is 0 Å². The smallest absolute Gasteiger partial charge is 0.315 e. The topological polar surface area (TPSA) is 68.9 Å². The standard InChI is InChI=1S/C38H42F5N5O2/c39-25-2-4-28-29(17-25)37(9-11-47(12-10-37)26-3-6-32-35(18-26)48-22-38(42,43)19-27(48)21-44-32)20-34(28)46-36(49)45-33(24-7-13-50-14-8-24)16-23-1-5-30(40)31(41)15-23/h1-6,15,17-18,24,27,33-34,44H,7-14,16,19-22H2,(H2,45,46,49)/t27-,33+,34?/m0/s1. The zero-order valence-electron chi connectivity index (χ0n) is 27.8. The molecule has 0 radical (unpaired) electrons. The fourth-order valence-corrected chi connectivity index (χ4v) is 9.13. The Balaban J connectivity index is 0.969. The number of nitrogens with zero attached hydrogens (tertiary/aromatic N) is 2. The highest BCUT2D eigenvalue weighted by molar-refractivity contribution is 5.78. The van der Waals surface area contributed by atoms with Crippen LogP contribution in [0.3, 0.4) is 0 Å². The first-order valence-electron chi connectivity index (χ1n) is 17.7. The number of hydrogen-bond acceptors (Lipinski definition) is 5. The third kappa shape index (κ3) is 6.35. The van der Waals surface area contributed by atoms with Gasteiger partial charge in [0.15, 0.2) is 11.6 Å². The molecule has 5 aliphatic rings. The summed E-state index contributed by atoms with van der Waals surface area (Å²) in [5.41, 5.74) is 4.73. The number of alkyl halides is 2. The average Bonchev–Trinajstić information content (AvgIpc) is 3.58. The first-order chi connectivity index (χ1) is 24.1. The van der Waals surface area contributed by atoms with Gasteiger partial charge in [0.25, 0.3) is 5.92 Å². The van der Waals surface area contributed by atoms with Crippen molar-refractivity contribution in [3.8, 4) is 0 Å². The van der Waals surface area contributed by atoms with Crippen LogP contribution >= 0.6 is 0 Å². The molecular formula is C38H42F5N5O2. The van der Waals surface area contributed by atoms with Crippen LogP contribution in [-0.2, 0) is 16.6 Å². The predicted molar refractivity (Wildman–Crippen MR) is 182 cm³/mol. The summed E-state index contributed by atoms with van der Waals surface area (Å²) in [5.74, 6) is -4.75. The van der Waals surface area contributed by atoms with Gasteiger partial charge in [-0.3, -0.25) is 0 Å². The molecule has 12 heteroatoms. The van der Waals surface area contributed by atoms with Crippen molar-refractivity contribution < 1.29 is 31.5 Å². The van der Waals surface area contributed by atoms with Gasteiger partial charge in [0.1, 0.15) is 5.82 Å². The molecule has 7 nitrogen and oxygen atoms in total. The lowest BCUT2D eigenvalue weighted by Gasteiger charge is -2.42. The van der Waals surface area contributed by atoms with E-state index in [1.807, 2.05) is 23.1 Å². The fourth-order valence-electron chi connectivity index (χ4n) is 9.13. The van der Waals surface area contributed by atoms with Crippen molar-refractivity contribution in [1.29, 1.82) is 0 Å². The van der Waals surface area contributed by atoms with Gasteiger partial charge in [-0.05, 0) is 104 Å². The highest BCUT2D eigenvalue weighted by atomic mass is 19.3. The van der Waals surface area contributed by atoms with Crippen LogP contribution < -0.4 is 25.8 Å². The maximum absolute atomic E-state index is 14.8. The molecule has 0 aromatic heterocycles. The maximum atomic E-state index is 14.8. The van der Waals surface area contributed by atoms with Crippen LogP contribution in [0, 0.1) is 23.4 Å². The van der Waals surface area contributed by atoms with E-state index in [0.29, 0.717) is 51.3 Å². The minimum absolute atomic E-state index is 0.107. The van der Waals surface area contributed by atoms with Crippen LogP contribution in [-0.4, -0.2) is 63.4 Å². The summed E-state index contributed by atoms with van der Waals surface area (Å²) in [6, 6.07) is 13.4. The third-order valence-electron chi connectivity index (χ3n) is 11.7. The van der Waals surface area contributed by atoms with Crippen molar-refractivity contribution in [3.63, 3.8) is 0 Å². The number of nitrogens with one attached hydrogen (secondary N) is 3. The van der Waals surface area contributed by atoms with Crippen LogP contribution in [0.15, 0.2) is 54.6 Å². The van der Waals surface area contributed by atoms with Crippen LogP contribution in [0.4, 0.5) is 43.8 Å². The van der Waals surface area contributed by atoms with Crippen molar-refractivity contribution in [2.75, 3.05) is 54.5 Å². The van der Waals surface area contributed by atoms with E-state index in [1.54, 1.807) is 18.2 Å². The number of carbonyl (C=O) groups is 1. The lowest BCUT2D eigenvalue weighted by Crippen LogP contribution is -2.49. The molecule has 3 aromatic carbocycles. The Morgan fingerprint density at radius 2 is 1.76 bits per heavy atom. The first kappa shape index (κ1) is 33.1. The van der Waals surface area contributed by atoms with E-state index < -0.39 is 17.6 Å². The molecule has 1 spiro atoms. The van der Waals surface area contributed by atoms with Crippen LogP contribution in [0.1, 0.15) is 61.3 Å². The Kier molecular flexibility index (Phi) is 8.56. The summed E-state index contributed by atoms with van der Waals surface area (Å²) < 4.78 is 76.6. The highest BCUT2D eigenvalue weighted by Crippen LogP contribution is 2.52. The zero-order chi connectivity index (χ0) is 34.6. The van der Waals surface area contributed by atoms with E-state index in [-0.39, 0.29) is 54.3 Å². The lowest BCUT2D eigenvalue weighted by molar-refractivity contribution is 0.0229. The number of piperidine rings is 1. The van der Waals surface area contributed by atoms with Gasteiger partial charge in [0.2, 0.25) is 0 Å². The number of carbonyl (C=O) groups excluding carboxylic acids is 1. The number of amides is 2. The van der Waals surface area contributed by atoms with Gasteiger partial charge >= 0.3 is 6.03 Å². The first-order valence-corrected chi connectivity index (χ1v) is 17.7. The quantitative estimate of drug-likeness (QED) is 0.241. The second kappa shape index (κ2) is 12.9. The van der Waals surface area contributed by atoms with Gasteiger partial charge in [-0.15, -0.1) is 0 Å². The van der Waals surface area contributed by atoms with Gasteiger partial charge in [-0.2, -0.15) is 0 Å². The molecule has 3 aromatic rings. The third-order valence-corrected chi connectivity index (χ3v) is 11.7. The SMILES string of the molecule is O=C(NC1CC2(CCN(c3ccc4c(c3)N3CC(F)(F)C[C@H]3CN4)CC2)c2cc(F)ccc21)N[C@H](Cc1ccc(F)c(F)c1)C1CCOCC1. The number of hydrogen-bond donors (Lipinski definition) is 3. The summed E-state index contributed by atoms with van der Waals surface area (Å²) in [7, 11) is 0. The highest BCUT2D eigenvalue weighted by Gasteiger charge is 2.48. The van der Waals surface area contributed by atoms with Gasteiger partial charge in [0, 0.05) is 56.4 Å². The molecule has 3 atom stereocenters. The van der Waals surface area contributed by atoms with Crippen LogP contribution in [0.5, 0.6) is 0 Å².